The number of aryl methyl sites for hydroxylation is 1. The smallest absolute Gasteiger partial charge is 0.324 e. The molecular weight excluding hydrogens is 413 g/mol. The largest absolute Gasteiger partial charge is 0.416 e. The van der Waals surface area contributed by atoms with E-state index < -0.39 is 39.1 Å². The number of nitrogens with one attached hydrogen (secondary N) is 1. The second-order valence-corrected chi connectivity index (χ2v) is 8.88. The monoisotopic (exact) mass is 432 g/mol. The molecule has 10 heteroatoms. The highest BCUT2D eigenvalue weighted by Crippen LogP contribution is 2.33. The third-order valence-electron chi connectivity index (χ3n) is 3.97. The average molecular weight is 432 g/mol. The van der Waals surface area contributed by atoms with E-state index in [2.05, 4.69) is 5.32 Å². The molecule has 0 bridgehead atoms. The van der Waals surface area contributed by atoms with Crippen molar-refractivity contribution in [3.8, 4) is 0 Å². The molecule has 0 saturated heterocycles. The van der Waals surface area contributed by atoms with Gasteiger partial charge in [0.15, 0.2) is 0 Å². The summed E-state index contributed by atoms with van der Waals surface area (Å²) in [5.41, 5.74) is -0.582. The summed E-state index contributed by atoms with van der Waals surface area (Å²) >= 11 is 1.41. The van der Waals surface area contributed by atoms with Crippen molar-refractivity contribution in [2.45, 2.75) is 22.9 Å². The minimum Gasteiger partial charge on any atom is -0.324 e. The Morgan fingerprint density at radius 2 is 1.82 bits per heavy atom. The molecule has 2 rings (SSSR count). The molecule has 0 aromatic heterocycles. The number of anilines is 1. The van der Waals surface area contributed by atoms with Crippen molar-refractivity contribution in [1.29, 1.82) is 0 Å². The number of para-hydroxylation sites is 1. The minimum atomic E-state index is -4.67. The molecule has 1 N–H and O–H groups in total. The van der Waals surface area contributed by atoms with Gasteiger partial charge >= 0.3 is 6.18 Å². The summed E-state index contributed by atoms with van der Waals surface area (Å²) in [6.07, 6.45) is -2.84. The third-order valence-corrected chi connectivity index (χ3v) is 6.57. The van der Waals surface area contributed by atoms with Crippen LogP contribution in [-0.2, 0) is 21.0 Å². The van der Waals surface area contributed by atoms with Crippen LogP contribution in [0.3, 0.4) is 0 Å². The van der Waals surface area contributed by atoms with Gasteiger partial charge in [0.2, 0.25) is 15.9 Å². The van der Waals surface area contributed by atoms with E-state index in [4.69, 9.17) is 0 Å². The quantitative estimate of drug-likeness (QED) is 0.701. The lowest BCUT2D eigenvalue weighted by Gasteiger charge is -2.19. The zero-order valence-electron chi connectivity index (χ0n) is 15.4. The van der Waals surface area contributed by atoms with Crippen LogP contribution < -0.4 is 5.32 Å². The molecule has 28 heavy (non-hydrogen) atoms. The number of halogens is 3. The topological polar surface area (TPSA) is 66.5 Å². The number of thioether (sulfide) groups is 1. The van der Waals surface area contributed by atoms with Gasteiger partial charge in [0.05, 0.1) is 22.7 Å². The number of amides is 1. The molecule has 2 aromatic carbocycles. The molecular formula is C18H19F3N2O3S2. The zero-order valence-corrected chi connectivity index (χ0v) is 17.0. The fourth-order valence-corrected chi connectivity index (χ4v) is 4.18. The van der Waals surface area contributed by atoms with Crippen molar-refractivity contribution in [1.82, 2.24) is 4.31 Å². The fourth-order valence-electron chi connectivity index (χ4n) is 2.47. The fraction of sp³-hybridized carbons (Fsp3) is 0.278. The van der Waals surface area contributed by atoms with Crippen LogP contribution in [0.1, 0.15) is 11.1 Å². The van der Waals surface area contributed by atoms with Gasteiger partial charge in [0.25, 0.3) is 0 Å². The highest BCUT2D eigenvalue weighted by atomic mass is 32.2. The van der Waals surface area contributed by atoms with Gasteiger partial charge in [0, 0.05) is 11.9 Å². The Kier molecular flexibility index (Phi) is 6.79. The summed E-state index contributed by atoms with van der Waals surface area (Å²) in [5, 5.41) is 2.61. The Morgan fingerprint density at radius 1 is 1.18 bits per heavy atom. The number of hydrogen-bond donors (Lipinski definition) is 1. The highest BCUT2D eigenvalue weighted by Gasteiger charge is 2.34. The summed E-state index contributed by atoms with van der Waals surface area (Å²) in [5.74, 6) is -0.601. The van der Waals surface area contributed by atoms with Crippen molar-refractivity contribution >= 4 is 33.4 Å². The Hall–Kier alpha value is -2.04. The van der Waals surface area contributed by atoms with Crippen LogP contribution in [0.5, 0.6) is 0 Å². The molecule has 0 radical (unpaired) electrons. The lowest BCUT2D eigenvalue weighted by molar-refractivity contribution is -0.138. The van der Waals surface area contributed by atoms with Crippen molar-refractivity contribution < 1.29 is 26.4 Å². The average Bonchev–Trinajstić information content (AvgIpc) is 2.61. The SMILES string of the molecule is CSc1ccccc1NC(=O)CN(C)S(=O)(=O)c1ccc(C)c(C(F)(F)F)c1. The van der Waals surface area contributed by atoms with Crippen LogP contribution in [0.2, 0.25) is 0 Å². The lowest BCUT2D eigenvalue weighted by atomic mass is 10.1. The van der Waals surface area contributed by atoms with E-state index in [0.717, 1.165) is 28.4 Å². The first-order chi connectivity index (χ1) is 13.0. The molecule has 0 aliphatic heterocycles. The van der Waals surface area contributed by atoms with Crippen LogP contribution in [0, 0.1) is 6.92 Å². The Labute approximate surface area is 166 Å². The first kappa shape index (κ1) is 22.3. The van der Waals surface area contributed by atoms with Gasteiger partial charge < -0.3 is 5.32 Å². The molecule has 0 aliphatic rings. The van der Waals surface area contributed by atoms with Crippen molar-refractivity contribution in [2.24, 2.45) is 0 Å². The number of hydrogen-bond acceptors (Lipinski definition) is 4. The van der Waals surface area contributed by atoms with E-state index >= 15 is 0 Å². The maximum Gasteiger partial charge on any atom is 0.416 e. The molecule has 2 aromatic rings. The van der Waals surface area contributed by atoms with Crippen LogP contribution >= 0.6 is 11.8 Å². The number of likely N-dealkylation sites (N-methyl/N-ethyl adjacent to an activating group) is 1. The van der Waals surface area contributed by atoms with E-state index in [1.54, 1.807) is 24.3 Å². The standard InChI is InChI=1S/C18H19F3N2O3S2/c1-12-8-9-13(10-14(12)18(19,20)21)28(25,26)23(2)11-17(24)22-15-6-4-5-7-16(15)27-3/h4-10H,11H2,1-3H3,(H,22,24). The van der Waals surface area contributed by atoms with Crippen molar-refractivity contribution in [3.05, 3.63) is 53.6 Å². The van der Waals surface area contributed by atoms with Crippen molar-refractivity contribution in [3.63, 3.8) is 0 Å². The van der Waals surface area contributed by atoms with E-state index in [1.807, 2.05) is 6.26 Å². The van der Waals surface area contributed by atoms with Gasteiger partial charge in [-0.05, 0) is 43.0 Å². The number of sulfonamides is 1. The molecule has 0 atom stereocenters. The molecule has 0 heterocycles. The van der Waals surface area contributed by atoms with Crippen LogP contribution in [-0.4, -0.2) is 38.5 Å². The third kappa shape index (κ3) is 5.06. The Balaban J connectivity index is 2.21. The summed E-state index contributed by atoms with van der Waals surface area (Å²) in [4.78, 5) is 12.5. The van der Waals surface area contributed by atoms with Crippen LogP contribution in [0.4, 0.5) is 18.9 Å². The lowest BCUT2D eigenvalue weighted by Crippen LogP contribution is -2.35. The second kappa shape index (κ2) is 8.54. The number of carbonyl (C=O) groups is 1. The first-order valence-electron chi connectivity index (χ1n) is 8.04. The molecule has 0 aliphatic carbocycles. The number of nitrogens with zero attached hydrogens (tertiary/aromatic N) is 1. The minimum absolute atomic E-state index is 0.0829. The number of alkyl halides is 3. The summed E-state index contributed by atoms with van der Waals surface area (Å²) in [7, 11) is -3.13. The predicted molar refractivity (Wildman–Crippen MR) is 103 cm³/mol. The van der Waals surface area contributed by atoms with Crippen LogP contribution in [0.25, 0.3) is 0 Å². The molecule has 0 spiro atoms. The van der Waals surface area contributed by atoms with Gasteiger partial charge in [-0.1, -0.05) is 18.2 Å². The Morgan fingerprint density at radius 3 is 2.43 bits per heavy atom. The van der Waals surface area contributed by atoms with Gasteiger partial charge in [-0.3, -0.25) is 4.79 Å². The summed E-state index contributed by atoms with van der Waals surface area (Å²) in [6, 6.07) is 9.77. The van der Waals surface area contributed by atoms with E-state index in [0.29, 0.717) is 11.8 Å². The molecule has 0 unspecified atom stereocenters. The van der Waals surface area contributed by atoms with Crippen molar-refractivity contribution in [2.75, 3.05) is 25.2 Å². The zero-order chi connectivity index (χ0) is 21.1. The van der Waals surface area contributed by atoms with E-state index in [-0.39, 0.29) is 5.56 Å². The summed E-state index contributed by atoms with van der Waals surface area (Å²) < 4.78 is 65.1. The Bertz CT molecular complexity index is 976. The van der Waals surface area contributed by atoms with Gasteiger partial charge in [-0.2, -0.15) is 17.5 Å². The van der Waals surface area contributed by atoms with E-state index in [9.17, 15) is 26.4 Å². The molecule has 1 amide bonds. The number of benzene rings is 2. The maximum atomic E-state index is 13.1. The molecule has 0 fully saturated rings. The maximum absolute atomic E-state index is 13.1. The van der Waals surface area contributed by atoms with Crippen LogP contribution in [0.15, 0.2) is 52.3 Å². The van der Waals surface area contributed by atoms with E-state index in [1.165, 1.54) is 18.7 Å². The predicted octanol–water partition coefficient (Wildman–Crippen LogP) is 3.99. The first-order valence-corrected chi connectivity index (χ1v) is 10.7. The van der Waals surface area contributed by atoms with Gasteiger partial charge in [-0.25, -0.2) is 8.42 Å². The highest BCUT2D eigenvalue weighted by molar-refractivity contribution is 7.98. The number of carbonyl (C=O) groups excluding carboxylic acids is 1. The second-order valence-electron chi connectivity index (χ2n) is 5.98. The normalized spacial score (nSPS) is 12.2. The van der Waals surface area contributed by atoms with Gasteiger partial charge in [-0.15, -0.1) is 11.8 Å². The summed E-state index contributed by atoms with van der Waals surface area (Å²) in [6.45, 7) is 0.708. The molecule has 152 valence electrons. The molecule has 5 nitrogen and oxygen atoms in total. The van der Waals surface area contributed by atoms with Gasteiger partial charge in [0.1, 0.15) is 0 Å². The molecule has 0 saturated carbocycles. The number of rotatable bonds is 6.